The number of hydrogen-bond donors (Lipinski definition) is 1. The summed E-state index contributed by atoms with van der Waals surface area (Å²) in [5.41, 5.74) is 0.529. The number of aromatic nitrogens is 1. The van der Waals surface area contributed by atoms with Crippen LogP contribution in [0.4, 0.5) is 0 Å². The van der Waals surface area contributed by atoms with Crippen molar-refractivity contribution in [2.75, 3.05) is 13.1 Å². The van der Waals surface area contributed by atoms with Crippen LogP contribution >= 0.6 is 0 Å². The van der Waals surface area contributed by atoms with Crippen LogP contribution in [0.2, 0.25) is 0 Å². The van der Waals surface area contributed by atoms with Crippen LogP contribution in [0.1, 0.15) is 39.1 Å². The van der Waals surface area contributed by atoms with Crippen LogP contribution in [0, 0.1) is 6.92 Å². The fraction of sp³-hybridized carbons (Fsp3) is 0.278. The van der Waals surface area contributed by atoms with E-state index in [1.807, 2.05) is 0 Å². The Hall–Kier alpha value is -2.89. The van der Waals surface area contributed by atoms with Gasteiger partial charge in [0.15, 0.2) is 0 Å². The van der Waals surface area contributed by atoms with E-state index in [4.69, 9.17) is 0 Å². The van der Waals surface area contributed by atoms with Gasteiger partial charge in [-0.1, -0.05) is 6.07 Å². The predicted molar refractivity (Wildman–Crippen MR) is 88.9 cm³/mol. The number of hydrogen-bond acceptors (Lipinski definition) is 3. The number of aryl methyl sites for hydroxylation is 1. The lowest BCUT2D eigenvalue weighted by Crippen LogP contribution is -2.28. The molecule has 1 aliphatic heterocycles. The van der Waals surface area contributed by atoms with Crippen LogP contribution in [0.5, 0.6) is 0 Å². The fourth-order valence-electron chi connectivity index (χ4n) is 2.98. The lowest BCUT2D eigenvalue weighted by molar-refractivity contribution is 0.0693. The number of carbonyl (C=O) groups excluding carboxylic acids is 1. The standard InChI is InChI=1S/C18H18N2O4/c1-12-7-10-20(17(22)15(12)18(23)24)14-6-4-5-13(11-14)16(21)19-8-2-3-9-19/h4-7,10-11H,2-3,8-9H2,1H3,(H,23,24). The van der Waals surface area contributed by atoms with Crippen molar-refractivity contribution in [1.82, 2.24) is 9.47 Å². The molecule has 24 heavy (non-hydrogen) atoms. The number of rotatable bonds is 3. The van der Waals surface area contributed by atoms with Gasteiger partial charge in [0, 0.05) is 30.5 Å². The number of aromatic carboxylic acids is 1. The van der Waals surface area contributed by atoms with Crippen molar-refractivity contribution < 1.29 is 14.7 Å². The third kappa shape index (κ3) is 2.82. The van der Waals surface area contributed by atoms with Crippen molar-refractivity contribution in [2.45, 2.75) is 19.8 Å². The summed E-state index contributed by atoms with van der Waals surface area (Å²) in [4.78, 5) is 38.0. The summed E-state index contributed by atoms with van der Waals surface area (Å²) in [7, 11) is 0. The van der Waals surface area contributed by atoms with Crippen molar-refractivity contribution >= 4 is 11.9 Å². The molecule has 1 N–H and O–H groups in total. The summed E-state index contributed by atoms with van der Waals surface area (Å²) in [6.07, 6.45) is 3.54. The van der Waals surface area contributed by atoms with Crippen LogP contribution in [0.15, 0.2) is 41.3 Å². The Morgan fingerprint density at radius 3 is 2.50 bits per heavy atom. The van der Waals surface area contributed by atoms with E-state index in [2.05, 4.69) is 0 Å². The third-order valence-corrected chi connectivity index (χ3v) is 4.28. The van der Waals surface area contributed by atoms with Crippen molar-refractivity contribution in [3.05, 3.63) is 63.6 Å². The first-order valence-electron chi connectivity index (χ1n) is 7.84. The molecule has 1 saturated heterocycles. The molecule has 1 aliphatic rings. The highest BCUT2D eigenvalue weighted by atomic mass is 16.4. The van der Waals surface area contributed by atoms with E-state index in [0.717, 1.165) is 25.9 Å². The molecule has 0 saturated carbocycles. The SMILES string of the molecule is Cc1ccn(-c2cccc(C(=O)N3CCCC3)c2)c(=O)c1C(=O)O. The predicted octanol–water partition coefficient (Wildman–Crippen LogP) is 2.08. The second-order valence-electron chi connectivity index (χ2n) is 5.90. The minimum absolute atomic E-state index is 0.0621. The molecule has 1 amide bonds. The summed E-state index contributed by atoms with van der Waals surface area (Å²) >= 11 is 0. The second kappa shape index (κ2) is 6.31. The third-order valence-electron chi connectivity index (χ3n) is 4.28. The molecule has 124 valence electrons. The van der Waals surface area contributed by atoms with Crippen LogP contribution in [-0.2, 0) is 0 Å². The maximum Gasteiger partial charge on any atom is 0.341 e. The highest BCUT2D eigenvalue weighted by Gasteiger charge is 2.20. The lowest BCUT2D eigenvalue weighted by Gasteiger charge is -2.16. The molecule has 0 radical (unpaired) electrons. The molecule has 1 aromatic heterocycles. The quantitative estimate of drug-likeness (QED) is 0.936. The number of carboxylic acid groups (broad SMARTS) is 1. The highest BCUT2D eigenvalue weighted by Crippen LogP contribution is 2.16. The van der Waals surface area contributed by atoms with E-state index in [-0.39, 0.29) is 11.5 Å². The first-order valence-corrected chi connectivity index (χ1v) is 7.84. The molecule has 2 heterocycles. The Bertz CT molecular complexity index is 864. The van der Waals surface area contributed by atoms with E-state index < -0.39 is 11.5 Å². The molecule has 0 aliphatic carbocycles. The molecule has 1 fully saturated rings. The average Bonchev–Trinajstić information content (AvgIpc) is 3.08. The van der Waals surface area contributed by atoms with Gasteiger partial charge in [0.05, 0.1) is 0 Å². The van der Waals surface area contributed by atoms with Crippen molar-refractivity contribution in [2.24, 2.45) is 0 Å². The van der Waals surface area contributed by atoms with Crippen LogP contribution in [-0.4, -0.2) is 39.5 Å². The zero-order valence-electron chi connectivity index (χ0n) is 13.4. The van der Waals surface area contributed by atoms with Gasteiger partial charge < -0.3 is 10.0 Å². The van der Waals surface area contributed by atoms with Crippen LogP contribution in [0.25, 0.3) is 5.69 Å². The van der Waals surface area contributed by atoms with Gasteiger partial charge >= 0.3 is 5.97 Å². The number of nitrogens with zero attached hydrogens (tertiary/aromatic N) is 2. The van der Waals surface area contributed by atoms with Crippen LogP contribution in [0.3, 0.4) is 0 Å². The molecular weight excluding hydrogens is 308 g/mol. The first kappa shape index (κ1) is 16.0. The number of pyridine rings is 1. The normalized spacial score (nSPS) is 14.0. The molecular formula is C18H18N2O4. The van der Waals surface area contributed by atoms with Gasteiger partial charge in [-0.05, 0) is 49.6 Å². The van der Waals surface area contributed by atoms with Gasteiger partial charge in [0.25, 0.3) is 11.5 Å². The summed E-state index contributed by atoms with van der Waals surface area (Å²) in [6.45, 7) is 3.08. The molecule has 0 atom stereocenters. The zero-order chi connectivity index (χ0) is 17.3. The molecule has 0 unspecified atom stereocenters. The minimum atomic E-state index is -1.25. The first-order chi connectivity index (χ1) is 11.5. The number of benzene rings is 1. The molecule has 1 aromatic carbocycles. The fourth-order valence-corrected chi connectivity index (χ4v) is 2.98. The van der Waals surface area contributed by atoms with E-state index in [0.29, 0.717) is 16.8 Å². The van der Waals surface area contributed by atoms with Gasteiger partial charge in [-0.25, -0.2) is 4.79 Å². The summed E-state index contributed by atoms with van der Waals surface area (Å²) in [5.74, 6) is -1.32. The molecule has 2 aromatic rings. The largest absolute Gasteiger partial charge is 0.477 e. The van der Waals surface area contributed by atoms with E-state index in [1.54, 1.807) is 42.2 Å². The monoisotopic (exact) mass is 326 g/mol. The zero-order valence-corrected chi connectivity index (χ0v) is 13.4. The molecule has 0 spiro atoms. The number of likely N-dealkylation sites (tertiary alicyclic amines) is 1. The Kier molecular flexibility index (Phi) is 4.20. The summed E-state index contributed by atoms with van der Waals surface area (Å²) < 4.78 is 1.26. The average molecular weight is 326 g/mol. The van der Waals surface area contributed by atoms with Gasteiger partial charge in [-0.3, -0.25) is 14.2 Å². The van der Waals surface area contributed by atoms with Crippen molar-refractivity contribution in [1.29, 1.82) is 0 Å². The lowest BCUT2D eigenvalue weighted by atomic mass is 10.1. The smallest absolute Gasteiger partial charge is 0.341 e. The second-order valence-corrected chi connectivity index (χ2v) is 5.90. The topological polar surface area (TPSA) is 79.6 Å². The van der Waals surface area contributed by atoms with E-state index >= 15 is 0 Å². The number of amides is 1. The summed E-state index contributed by atoms with van der Waals surface area (Å²) in [6, 6.07) is 8.30. The van der Waals surface area contributed by atoms with Gasteiger partial charge in [-0.15, -0.1) is 0 Å². The molecule has 0 bridgehead atoms. The number of carbonyl (C=O) groups is 2. The Morgan fingerprint density at radius 2 is 1.83 bits per heavy atom. The van der Waals surface area contributed by atoms with Crippen molar-refractivity contribution in [3.8, 4) is 5.69 Å². The summed E-state index contributed by atoms with van der Waals surface area (Å²) in [5, 5.41) is 9.23. The van der Waals surface area contributed by atoms with Gasteiger partial charge in [-0.2, -0.15) is 0 Å². The van der Waals surface area contributed by atoms with Gasteiger partial charge in [0.2, 0.25) is 0 Å². The van der Waals surface area contributed by atoms with Gasteiger partial charge in [0.1, 0.15) is 5.56 Å². The molecule has 6 heteroatoms. The Labute approximate surface area is 139 Å². The van der Waals surface area contributed by atoms with Crippen LogP contribution < -0.4 is 5.56 Å². The molecule has 6 nitrogen and oxygen atoms in total. The maximum atomic E-state index is 12.5. The van der Waals surface area contributed by atoms with E-state index in [1.165, 1.54) is 10.8 Å². The van der Waals surface area contributed by atoms with Crippen molar-refractivity contribution in [3.63, 3.8) is 0 Å². The Morgan fingerprint density at radius 1 is 1.12 bits per heavy atom. The van der Waals surface area contributed by atoms with E-state index in [9.17, 15) is 19.5 Å². The maximum absolute atomic E-state index is 12.5. The number of carboxylic acids is 1. The molecule has 3 rings (SSSR count). The Balaban J connectivity index is 2.04. The minimum Gasteiger partial charge on any atom is -0.477 e. The highest BCUT2D eigenvalue weighted by molar-refractivity contribution is 5.95.